The molecule has 0 aliphatic rings. The van der Waals surface area contributed by atoms with Crippen LogP contribution in [0, 0.1) is 6.92 Å². The first kappa shape index (κ1) is 13.9. The highest BCUT2D eigenvalue weighted by Crippen LogP contribution is 2.27. The van der Waals surface area contributed by atoms with Crippen molar-refractivity contribution in [3.8, 4) is 0 Å². The summed E-state index contributed by atoms with van der Waals surface area (Å²) >= 11 is 1.50. The van der Waals surface area contributed by atoms with Crippen LogP contribution in [0.25, 0.3) is 21.0 Å². The Bertz CT molecular complexity index is 1120. The number of rotatable bonds is 1. The lowest BCUT2D eigenvalue weighted by Gasteiger charge is -1.99. The Balaban J connectivity index is 1.94. The van der Waals surface area contributed by atoms with E-state index < -0.39 is 5.91 Å². The summed E-state index contributed by atoms with van der Waals surface area (Å²) < 4.78 is 7.98. The van der Waals surface area contributed by atoms with Gasteiger partial charge in [0.05, 0.1) is 10.2 Å². The Morgan fingerprint density at radius 2 is 2.09 bits per heavy atom. The Hall–Kier alpha value is -2.73. The highest BCUT2D eigenvalue weighted by Gasteiger charge is 2.12. The Kier molecular flexibility index (Phi) is 3.12. The molecule has 23 heavy (non-hydrogen) atoms. The molecular formula is C17H13N3O2S. The van der Waals surface area contributed by atoms with Crippen LogP contribution < -0.4 is 4.80 Å². The second kappa shape index (κ2) is 5.17. The number of fused-ring (bicyclic) bond motifs is 3. The molecule has 0 unspecified atom stereocenters. The molecule has 2 aromatic carbocycles. The van der Waals surface area contributed by atoms with Crippen LogP contribution >= 0.6 is 11.3 Å². The summed E-state index contributed by atoms with van der Waals surface area (Å²) in [5, 5.41) is 6.06. The van der Waals surface area contributed by atoms with Gasteiger partial charge >= 0.3 is 5.91 Å². The second-order valence-corrected chi connectivity index (χ2v) is 6.30. The van der Waals surface area contributed by atoms with E-state index in [2.05, 4.69) is 34.4 Å². The molecule has 0 aliphatic carbocycles. The summed E-state index contributed by atoms with van der Waals surface area (Å²) in [7, 11) is 1.91. The molecule has 0 bridgehead atoms. The molecule has 0 spiro atoms. The van der Waals surface area contributed by atoms with Crippen LogP contribution in [0.4, 0.5) is 0 Å². The first-order valence-corrected chi connectivity index (χ1v) is 7.95. The van der Waals surface area contributed by atoms with Crippen molar-refractivity contribution >= 4 is 38.2 Å². The maximum atomic E-state index is 12.2. The molecule has 0 aliphatic heterocycles. The largest absolute Gasteiger partial charge is 0.361 e. The number of amides is 1. The van der Waals surface area contributed by atoms with Gasteiger partial charge in [0.1, 0.15) is 5.76 Å². The third-order valence-corrected chi connectivity index (χ3v) is 4.93. The van der Waals surface area contributed by atoms with Gasteiger partial charge in [0.15, 0.2) is 10.5 Å². The Labute approximate surface area is 135 Å². The molecule has 5 nitrogen and oxygen atoms in total. The summed E-state index contributed by atoms with van der Waals surface area (Å²) in [5.74, 6) is 0.198. The molecule has 0 radical (unpaired) electrons. The van der Waals surface area contributed by atoms with Crippen molar-refractivity contribution in [2.24, 2.45) is 12.0 Å². The predicted molar refractivity (Wildman–Crippen MR) is 89.4 cm³/mol. The van der Waals surface area contributed by atoms with Crippen molar-refractivity contribution in [3.63, 3.8) is 0 Å². The number of hydrogen-bond donors (Lipinski definition) is 0. The number of thiazole rings is 1. The van der Waals surface area contributed by atoms with Crippen LogP contribution in [0.5, 0.6) is 0 Å². The Morgan fingerprint density at radius 3 is 2.87 bits per heavy atom. The van der Waals surface area contributed by atoms with Crippen LogP contribution in [0.1, 0.15) is 16.2 Å². The summed E-state index contributed by atoms with van der Waals surface area (Å²) in [6, 6.07) is 13.9. The van der Waals surface area contributed by atoms with Gasteiger partial charge in [-0.15, -0.1) is 0 Å². The standard InChI is InChI=1S/C17H13N3O2S/c1-10-9-13(19-22-10)16(21)18-17-20(2)14-8-7-11-5-3-4-6-12(11)15(14)23-17/h3-9H,1-2H3. The van der Waals surface area contributed by atoms with E-state index in [1.165, 1.54) is 16.7 Å². The predicted octanol–water partition coefficient (Wildman–Crippen LogP) is 3.43. The molecule has 0 N–H and O–H groups in total. The van der Waals surface area contributed by atoms with Crippen LogP contribution in [0.3, 0.4) is 0 Å². The normalized spacial score (nSPS) is 12.3. The van der Waals surface area contributed by atoms with Crippen LogP contribution in [0.15, 0.2) is 52.0 Å². The Morgan fingerprint density at radius 1 is 1.26 bits per heavy atom. The number of carbonyl (C=O) groups excluding carboxylic acids is 1. The smallest absolute Gasteiger partial charge is 0.301 e. The van der Waals surface area contributed by atoms with E-state index in [1.807, 2.05) is 23.7 Å². The van der Waals surface area contributed by atoms with Gasteiger partial charge in [-0.25, -0.2) is 0 Å². The fraction of sp³-hybridized carbons (Fsp3) is 0.118. The molecule has 1 amide bonds. The molecule has 0 saturated heterocycles. The highest BCUT2D eigenvalue weighted by atomic mass is 32.1. The van der Waals surface area contributed by atoms with Gasteiger partial charge in [-0.3, -0.25) is 4.79 Å². The fourth-order valence-corrected chi connectivity index (χ4v) is 3.73. The first-order chi connectivity index (χ1) is 11.1. The summed E-state index contributed by atoms with van der Waals surface area (Å²) in [4.78, 5) is 17.1. The average Bonchev–Trinajstić information content (AvgIpc) is 3.12. The van der Waals surface area contributed by atoms with Crippen molar-refractivity contribution in [2.75, 3.05) is 0 Å². The maximum absolute atomic E-state index is 12.2. The van der Waals surface area contributed by atoms with E-state index in [-0.39, 0.29) is 5.69 Å². The lowest BCUT2D eigenvalue weighted by Crippen LogP contribution is -2.13. The SMILES string of the molecule is Cc1cc(C(=O)N=c2sc3c4ccccc4ccc3n2C)no1. The molecule has 2 heterocycles. The quantitative estimate of drug-likeness (QED) is 0.539. The molecule has 2 aromatic heterocycles. The van der Waals surface area contributed by atoms with Gasteiger partial charge in [0.25, 0.3) is 0 Å². The summed E-state index contributed by atoms with van der Waals surface area (Å²) in [6.45, 7) is 1.75. The van der Waals surface area contributed by atoms with Crippen LogP contribution in [0.2, 0.25) is 0 Å². The minimum absolute atomic E-state index is 0.227. The van der Waals surface area contributed by atoms with Crippen molar-refractivity contribution in [1.29, 1.82) is 0 Å². The van der Waals surface area contributed by atoms with Gasteiger partial charge in [-0.2, -0.15) is 4.99 Å². The molecular weight excluding hydrogens is 310 g/mol. The van der Waals surface area contributed by atoms with E-state index >= 15 is 0 Å². The molecule has 0 atom stereocenters. The van der Waals surface area contributed by atoms with E-state index in [0.29, 0.717) is 10.6 Å². The molecule has 6 heteroatoms. The van der Waals surface area contributed by atoms with Gasteiger partial charge in [-0.05, 0) is 18.4 Å². The second-order valence-electron chi connectivity index (χ2n) is 5.32. The lowest BCUT2D eigenvalue weighted by atomic mass is 10.1. The van der Waals surface area contributed by atoms with Crippen molar-refractivity contribution in [3.05, 3.63) is 58.7 Å². The van der Waals surface area contributed by atoms with Gasteiger partial charge in [0, 0.05) is 18.5 Å². The zero-order valence-corrected chi connectivity index (χ0v) is 13.4. The van der Waals surface area contributed by atoms with E-state index in [1.54, 1.807) is 13.0 Å². The van der Waals surface area contributed by atoms with Crippen LogP contribution in [-0.4, -0.2) is 15.6 Å². The van der Waals surface area contributed by atoms with E-state index in [0.717, 1.165) is 15.6 Å². The van der Waals surface area contributed by atoms with Crippen molar-refractivity contribution in [1.82, 2.24) is 9.72 Å². The number of nitrogens with zero attached hydrogens (tertiary/aromatic N) is 3. The monoisotopic (exact) mass is 323 g/mol. The molecule has 4 rings (SSSR count). The topological polar surface area (TPSA) is 60.4 Å². The highest BCUT2D eigenvalue weighted by molar-refractivity contribution is 7.17. The zero-order valence-electron chi connectivity index (χ0n) is 12.6. The zero-order chi connectivity index (χ0) is 16.0. The molecule has 4 aromatic rings. The van der Waals surface area contributed by atoms with E-state index in [4.69, 9.17) is 4.52 Å². The number of carbonyl (C=O) groups is 1. The van der Waals surface area contributed by atoms with Gasteiger partial charge < -0.3 is 9.09 Å². The first-order valence-electron chi connectivity index (χ1n) is 7.13. The maximum Gasteiger partial charge on any atom is 0.301 e. The minimum Gasteiger partial charge on any atom is -0.361 e. The number of benzene rings is 2. The molecule has 114 valence electrons. The van der Waals surface area contributed by atoms with E-state index in [9.17, 15) is 4.79 Å². The van der Waals surface area contributed by atoms with Gasteiger partial charge in [0.2, 0.25) is 0 Å². The average molecular weight is 323 g/mol. The summed E-state index contributed by atoms with van der Waals surface area (Å²) in [5.41, 5.74) is 1.28. The third-order valence-electron chi connectivity index (χ3n) is 3.74. The van der Waals surface area contributed by atoms with Crippen molar-refractivity contribution < 1.29 is 9.32 Å². The minimum atomic E-state index is -0.395. The van der Waals surface area contributed by atoms with Crippen LogP contribution in [-0.2, 0) is 7.05 Å². The number of hydrogen-bond acceptors (Lipinski definition) is 4. The van der Waals surface area contributed by atoms with Crippen molar-refractivity contribution in [2.45, 2.75) is 6.92 Å². The number of aromatic nitrogens is 2. The third kappa shape index (κ3) is 2.27. The lowest BCUT2D eigenvalue weighted by molar-refractivity contribution is 0.0989. The molecule has 0 fully saturated rings. The van der Waals surface area contributed by atoms with Gasteiger partial charge in [-0.1, -0.05) is 46.8 Å². The summed E-state index contributed by atoms with van der Waals surface area (Å²) in [6.07, 6.45) is 0. The fourth-order valence-electron chi connectivity index (χ4n) is 2.57. The number of aryl methyl sites for hydroxylation is 2. The molecule has 0 saturated carbocycles.